The molecule has 1 saturated carbocycles. The first-order chi connectivity index (χ1) is 7.00. The van der Waals surface area contributed by atoms with Crippen LogP contribution < -0.4 is 5.32 Å². The smallest absolute Gasteiger partial charge is 0.314 e. The minimum absolute atomic E-state index is 0.157. The summed E-state index contributed by atoms with van der Waals surface area (Å²) in [6.45, 7) is 0.323. The van der Waals surface area contributed by atoms with Crippen LogP contribution in [-0.4, -0.2) is 30.7 Å². The van der Waals surface area contributed by atoms with Crippen LogP contribution in [0.5, 0.6) is 0 Å². The molecule has 0 aromatic heterocycles. The molecule has 5 nitrogen and oxygen atoms in total. The second-order valence-corrected chi connectivity index (χ2v) is 5.29. The van der Waals surface area contributed by atoms with Crippen LogP contribution in [0.25, 0.3) is 0 Å². The van der Waals surface area contributed by atoms with E-state index < -0.39 is 15.2 Å². The molecule has 0 heterocycles. The highest BCUT2D eigenvalue weighted by Crippen LogP contribution is 2.17. The van der Waals surface area contributed by atoms with Gasteiger partial charge in [0.05, 0.1) is 0 Å². The third-order valence-electron chi connectivity index (χ3n) is 2.66. The van der Waals surface area contributed by atoms with Crippen molar-refractivity contribution in [2.24, 2.45) is 0 Å². The fraction of sp³-hybridized carbons (Fsp3) is 0.889. The molecule has 15 heavy (non-hydrogen) atoms. The van der Waals surface area contributed by atoms with Gasteiger partial charge in [0.2, 0.25) is 0 Å². The number of hydrogen-bond donors (Lipinski definition) is 2. The van der Waals surface area contributed by atoms with E-state index in [4.69, 9.17) is 4.55 Å². The molecular weight excluding hydrogens is 218 g/mol. The number of rotatable bonds is 4. The first kappa shape index (κ1) is 12.6. The summed E-state index contributed by atoms with van der Waals surface area (Å²) in [7, 11) is -4.48. The van der Waals surface area contributed by atoms with Crippen molar-refractivity contribution in [2.45, 2.75) is 44.6 Å². The molecular formula is C9H17NO4S. The maximum Gasteiger partial charge on any atom is 0.328 e. The zero-order chi connectivity index (χ0) is 11.3. The highest BCUT2D eigenvalue weighted by molar-refractivity contribution is 8.01. The van der Waals surface area contributed by atoms with Crippen LogP contribution in [0, 0.1) is 0 Å². The molecule has 0 aliphatic heterocycles. The molecule has 0 radical (unpaired) electrons. The van der Waals surface area contributed by atoms with E-state index in [1.165, 1.54) is 19.3 Å². The quantitative estimate of drug-likeness (QED) is 0.701. The molecule has 2 N–H and O–H groups in total. The zero-order valence-corrected chi connectivity index (χ0v) is 9.42. The lowest BCUT2D eigenvalue weighted by Crippen LogP contribution is -2.33. The van der Waals surface area contributed by atoms with E-state index in [9.17, 15) is 13.2 Å². The van der Waals surface area contributed by atoms with Crippen LogP contribution in [0.15, 0.2) is 0 Å². The Kier molecular flexibility index (Phi) is 4.69. The molecule has 0 unspecified atom stereocenters. The molecule has 1 aliphatic carbocycles. The van der Waals surface area contributed by atoms with Crippen LogP contribution >= 0.6 is 0 Å². The summed E-state index contributed by atoms with van der Waals surface area (Å²) < 4.78 is 29.2. The molecule has 0 spiro atoms. The second kappa shape index (κ2) is 5.58. The molecule has 0 aromatic carbocycles. The van der Waals surface area contributed by atoms with E-state index in [-0.39, 0.29) is 6.42 Å². The van der Waals surface area contributed by atoms with Gasteiger partial charge in [0.15, 0.2) is 0 Å². The van der Waals surface area contributed by atoms with Gasteiger partial charge >= 0.3 is 10.1 Å². The van der Waals surface area contributed by atoms with Gasteiger partial charge < -0.3 is 5.32 Å². The Morgan fingerprint density at radius 1 is 1.27 bits per heavy atom. The predicted molar refractivity (Wildman–Crippen MR) is 56.0 cm³/mol. The SMILES string of the molecule is O=C(CCNC1CCCCC1)S(=O)(=O)O. The summed E-state index contributed by atoms with van der Waals surface area (Å²) in [5, 5.41) is 2.02. The van der Waals surface area contributed by atoms with Gasteiger partial charge in [-0.1, -0.05) is 19.3 Å². The topological polar surface area (TPSA) is 83.5 Å². The summed E-state index contributed by atoms with van der Waals surface area (Å²) >= 11 is 0. The lowest BCUT2D eigenvalue weighted by atomic mass is 9.95. The van der Waals surface area contributed by atoms with Crippen LogP contribution in [0.4, 0.5) is 0 Å². The molecule has 0 aromatic rings. The Hall–Kier alpha value is -0.460. The molecule has 1 rings (SSSR count). The summed E-state index contributed by atoms with van der Waals surface area (Å²) in [5.74, 6) is 0. The van der Waals surface area contributed by atoms with Crippen LogP contribution in [0.3, 0.4) is 0 Å². The van der Waals surface area contributed by atoms with Gasteiger partial charge in [-0.25, -0.2) is 0 Å². The van der Waals surface area contributed by atoms with E-state index >= 15 is 0 Å². The highest BCUT2D eigenvalue weighted by Gasteiger charge is 2.18. The fourth-order valence-corrected chi connectivity index (χ4v) is 2.17. The molecule has 1 fully saturated rings. The molecule has 1 aliphatic rings. The Labute approximate surface area is 90.0 Å². The van der Waals surface area contributed by atoms with E-state index in [1.54, 1.807) is 0 Å². The minimum Gasteiger partial charge on any atom is -0.314 e. The monoisotopic (exact) mass is 235 g/mol. The molecule has 0 amide bonds. The van der Waals surface area contributed by atoms with Crippen molar-refractivity contribution >= 4 is 15.2 Å². The molecule has 0 saturated heterocycles. The Morgan fingerprint density at radius 3 is 2.40 bits per heavy atom. The van der Waals surface area contributed by atoms with Crippen molar-refractivity contribution in [2.75, 3.05) is 6.54 Å². The predicted octanol–water partition coefficient (Wildman–Crippen LogP) is 0.713. The van der Waals surface area contributed by atoms with Gasteiger partial charge in [0.25, 0.3) is 5.12 Å². The van der Waals surface area contributed by atoms with Crippen molar-refractivity contribution in [1.29, 1.82) is 0 Å². The average Bonchev–Trinajstić information content (AvgIpc) is 2.18. The third-order valence-corrected chi connectivity index (χ3v) is 3.43. The summed E-state index contributed by atoms with van der Waals surface area (Å²) in [6, 6.07) is 0.396. The Bertz CT molecular complexity index is 306. The standard InChI is InChI=1S/C9H17NO4S/c11-9(15(12,13)14)6-7-10-8-4-2-1-3-5-8/h8,10H,1-7H2,(H,12,13,14). The summed E-state index contributed by atoms with van der Waals surface area (Å²) in [4.78, 5) is 10.8. The maximum absolute atomic E-state index is 10.8. The number of hydrogen-bond acceptors (Lipinski definition) is 4. The van der Waals surface area contributed by atoms with Crippen molar-refractivity contribution in [3.8, 4) is 0 Å². The van der Waals surface area contributed by atoms with E-state index in [2.05, 4.69) is 5.32 Å². The van der Waals surface area contributed by atoms with Crippen molar-refractivity contribution in [3.05, 3.63) is 0 Å². The minimum atomic E-state index is -4.48. The first-order valence-electron chi connectivity index (χ1n) is 5.24. The molecule has 6 heteroatoms. The maximum atomic E-state index is 10.8. The normalized spacial score (nSPS) is 19.0. The molecule has 0 atom stereocenters. The third kappa shape index (κ3) is 4.72. The second-order valence-electron chi connectivity index (χ2n) is 3.89. The Morgan fingerprint density at radius 2 is 1.87 bits per heavy atom. The van der Waals surface area contributed by atoms with Crippen LogP contribution in [0.1, 0.15) is 38.5 Å². The van der Waals surface area contributed by atoms with Crippen molar-refractivity contribution in [1.82, 2.24) is 5.32 Å². The number of nitrogens with one attached hydrogen (secondary N) is 1. The van der Waals surface area contributed by atoms with E-state index in [0.717, 1.165) is 12.8 Å². The van der Waals surface area contributed by atoms with Gasteiger partial charge in [-0.3, -0.25) is 9.35 Å². The highest BCUT2D eigenvalue weighted by atomic mass is 32.2. The van der Waals surface area contributed by atoms with Crippen LogP contribution in [-0.2, 0) is 14.9 Å². The van der Waals surface area contributed by atoms with Gasteiger partial charge in [-0.05, 0) is 12.8 Å². The summed E-state index contributed by atoms with van der Waals surface area (Å²) in [6.07, 6.45) is 5.63. The Balaban J connectivity index is 2.18. The summed E-state index contributed by atoms with van der Waals surface area (Å²) in [5.41, 5.74) is 0. The van der Waals surface area contributed by atoms with E-state index in [0.29, 0.717) is 12.6 Å². The van der Waals surface area contributed by atoms with Gasteiger partial charge in [0, 0.05) is 19.0 Å². The lowest BCUT2D eigenvalue weighted by molar-refractivity contribution is -0.112. The van der Waals surface area contributed by atoms with Gasteiger partial charge in [-0.15, -0.1) is 0 Å². The van der Waals surface area contributed by atoms with Crippen molar-refractivity contribution in [3.63, 3.8) is 0 Å². The average molecular weight is 235 g/mol. The number of carbonyl (C=O) groups is 1. The van der Waals surface area contributed by atoms with Crippen LogP contribution in [0.2, 0.25) is 0 Å². The molecule has 88 valence electrons. The van der Waals surface area contributed by atoms with Gasteiger partial charge in [0.1, 0.15) is 0 Å². The lowest BCUT2D eigenvalue weighted by Gasteiger charge is -2.22. The largest absolute Gasteiger partial charge is 0.328 e. The van der Waals surface area contributed by atoms with E-state index in [1.807, 2.05) is 0 Å². The fourth-order valence-electron chi connectivity index (χ4n) is 1.81. The molecule has 0 bridgehead atoms. The number of carbonyl (C=O) groups excluding carboxylic acids is 1. The van der Waals surface area contributed by atoms with Crippen molar-refractivity contribution < 1.29 is 17.8 Å². The first-order valence-corrected chi connectivity index (χ1v) is 6.68. The van der Waals surface area contributed by atoms with Gasteiger partial charge in [-0.2, -0.15) is 8.42 Å². The zero-order valence-electron chi connectivity index (χ0n) is 8.61.